The summed E-state index contributed by atoms with van der Waals surface area (Å²) in [4.78, 5) is 53.8. The standard InChI is InChI=1S/C39H35N3O7S2/c1-4-49-39(47)34-31(25-12-7-5-8-13-25)23-50-38(34)42-35(44)24(2)51-30-17-11-16-28(21-30)40-37(46)32(41-36(45)26-14-9-6-10-15-26)20-27-18-19-29(43)22-33(27)48-3/h5-24,43H,4H2,1-3H3,(H,40,46)(H,41,45)(H,42,44)/b32-20+. The predicted molar refractivity (Wildman–Crippen MR) is 201 cm³/mol. The van der Waals surface area contributed by atoms with Crippen LogP contribution in [0.25, 0.3) is 17.2 Å². The van der Waals surface area contributed by atoms with Crippen molar-refractivity contribution < 1.29 is 33.8 Å². The van der Waals surface area contributed by atoms with Crippen molar-refractivity contribution in [2.75, 3.05) is 24.4 Å². The molecule has 5 rings (SSSR count). The topological polar surface area (TPSA) is 143 Å². The largest absolute Gasteiger partial charge is 0.508 e. The summed E-state index contributed by atoms with van der Waals surface area (Å²) < 4.78 is 10.7. The second-order valence-electron chi connectivity index (χ2n) is 11.0. The minimum absolute atomic E-state index is 0.0210. The number of amides is 3. The van der Waals surface area contributed by atoms with Gasteiger partial charge in [-0.1, -0.05) is 54.6 Å². The summed E-state index contributed by atoms with van der Waals surface area (Å²) in [6, 6.07) is 29.2. The zero-order valence-electron chi connectivity index (χ0n) is 28.0. The molecule has 51 heavy (non-hydrogen) atoms. The Morgan fingerprint density at radius 2 is 1.63 bits per heavy atom. The summed E-state index contributed by atoms with van der Waals surface area (Å²) in [5, 5.41) is 19.9. The third kappa shape index (κ3) is 9.44. The van der Waals surface area contributed by atoms with Crippen molar-refractivity contribution in [1.82, 2.24) is 5.32 Å². The molecule has 0 aliphatic rings. The second-order valence-corrected chi connectivity index (χ2v) is 13.3. The summed E-state index contributed by atoms with van der Waals surface area (Å²) in [6.45, 7) is 3.66. The van der Waals surface area contributed by atoms with Crippen LogP contribution in [0.2, 0.25) is 0 Å². The maximum absolute atomic E-state index is 13.6. The molecule has 0 saturated heterocycles. The summed E-state index contributed by atoms with van der Waals surface area (Å²) in [7, 11) is 1.43. The van der Waals surface area contributed by atoms with Gasteiger partial charge in [-0.3, -0.25) is 14.4 Å². The van der Waals surface area contributed by atoms with Crippen LogP contribution in [0.15, 0.2) is 119 Å². The van der Waals surface area contributed by atoms with E-state index in [1.165, 1.54) is 48.4 Å². The summed E-state index contributed by atoms with van der Waals surface area (Å²) >= 11 is 2.52. The van der Waals surface area contributed by atoms with Crippen LogP contribution in [-0.4, -0.2) is 47.8 Å². The summed E-state index contributed by atoms with van der Waals surface area (Å²) in [5.41, 5.74) is 2.97. The SMILES string of the molecule is CCOC(=O)c1c(-c2ccccc2)csc1NC(=O)C(C)Sc1cccc(NC(=O)/C(=C\c2ccc(O)cc2OC)NC(=O)c2ccccc2)c1. The number of thiophene rings is 1. The molecule has 1 aromatic heterocycles. The molecular formula is C39H35N3O7S2. The Morgan fingerprint density at radius 3 is 2.33 bits per heavy atom. The molecule has 0 radical (unpaired) electrons. The average Bonchev–Trinajstić information content (AvgIpc) is 3.56. The monoisotopic (exact) mass is 721 g/mol. The highest BCUT2D eigenvalue weighted by atomic mass is 32.2. The van der Waals surface area contributed by atoms with Crippen molar-refractivity contribution in [2.45, 2.75) is 24.0 Å². The molecule has 10 nitrogen and oxygen atoms in total. The van der Waals surface area contributed by atoms with Crippen molar-refractivity contribution in [1.29, 1.82) is 0 Å². The number of hydrogen-bond acceptors (Lipinski definition) is 9. The molecule has 4 aromatic carbocycles. The van der Waals surface area contributed by atoms with E-state index >= 15 is 0 Å². The van der Waals surface area contributed by atoms with Gasteiger partial charge in [0.05, 0.1) is 19.0 Å². The average molecular weight is 722 g/mol. The van der Waals surface area contributed by atoms with Crippen LogP contribution in [0, 0.1) is 0 Å². The molecule has 4 N–H and O–H groups in total. The second kappa shape index (κ2) is 17.2. The van der Waals surface area contributed by atoms with Gasteiger partial charge >= 0.3 is 5.97 Å². The first-order chi connectivity index (χ1) is 24.7. The van der Waals surface area contributed by atoms with E-state index in [-0.39, 0.29) is 24.0 Å². The molecule has 1 heterocycles. The summed E-state index contributed by atoms with van der Waals surface area (Å²) in [6.07, 6.45) is 1.46. The Kier molecular flexibility index (Phi) is 12.3. The molecule has 0 spiro atoms. The lowest BCUT2D eigenvalue weighted by Gasteiger charge is -2.15. The van der Waals surface area contributed by atoms with E-state index in [1.807, 2.05) is 41.8 Å². The molecule has 3 amide bonds. The van der Waals surface area contributed by atoms with Crippen LogP contribution in [0.1, 0.15) is 40.1 Å². The fourth-order valence-corrected chi connectivity index (χ4v) is 6.81. The number of aromatic hydroxyl groups is 1. The van der Waals surface area contributed by atoms with E-state index in [0.717, 1.165) is 5.56 Å². The molecule has 0 bridgehead atoms. The van der Waals surface area contributed by atoms with E-state index in [9.17, 15) is 24.3 Å². The number of rotatable bonds is 13. The van der Waals surface area contributed by atoms with Crippen LogP contribution >= 0.6 is 23.1 Å². The number of phenolic OH excluding ortho intramolecular Hbond substituents is 1. The van der Waals surface area contributed by atoms with Gasteiger partial charge in [-0.05, 0) is 68.0 Å². The first-order valence-electron chi connectivity index (χ1n) is 15.8. The van der Waals surface area contributed by atoms with Gasteiger partial charge < -0.3 is 30.5 Å². The van der Waals surface area contributed by atoms with Gasteiger partial charge in [0.1, 0.15) is 27.8 Å². The predicted octanol–water partition coefficient (Wildman–Crippen LogP) is 7.83. The van der Waals surface area contributed by atoms with E-state index in [0.29, 0.717) is 43.6 Å². The molecule has 5 aromatic rings. The number of anilines is 2. The molecule has 0 fully saturated rings. The van der Waals surface area contributed by atoms with Gasteiger partial charge in [-0.25, -0.2) is 4.79 Å². The Bertz CT molecular complexity index is 2060. The van der Waals surface area contributed by atoms with Crippen molar-refractivity contribution in [2.24, 2.45) is 0 Å². The lowest BCUT2D eigenvalue weighted by Crippen LogP contribution is -2.30. The van der Waals surface area contributed by atoms with E-state index in [4.69, 9.17) is 9.47 Å². The third-order valence-corrected chi connectivity index (χ3v) is 9.40. The van der Waals surface area contributed by atoms with Crippen molar-refractivity contribution in [3.05, 3.63) is 131 Å². The number of hydrogen-bond donors (Lipinski definition) is 4. The van der Waals surface area contributed by atoms with Crippen molar-refractivity contribution in [3.63, 3.8) is 0 Å². The molecule has 0 aliphatic heterocycles. The number of methoxy groups -OCH3 is 1. The molecule has 260 valence electrons. The Balaban J connectivity index is 1.32. The van der Waals surface area contributed by atoms with E-state index in [1.54, 1.807) is 68.4 Å². The molecule has 1 unspecified atom stereocenters. The minimum Gasteiger partial charge on any atom is -0.508 e. The van der Waals surface area contributed by atoms with Crippen LogP contribution in [0.5, 0.6) is 11.5 Å². The first kappa shape index (κ1) is 36.4. The van der Waals surface area contributed by atoms with Gasteiger partial charge in [-0.2, -0.15) is 0 Å². The molecule has 0 aliphatic carbocycles. The van der Waals surface area contributed by atoms with Crippen LogP contribution in [0.3, 0.4) is 0 Å². The number of ether oxygens (including phenoxy) is 2. The highest BCUT2D eigenvalue weighted by Gasteiger charge is 2.25. The zero-order valence-corrected chi connectivity index (χ0v) is 29.6. The molecule has 1 atom stereocenters. The van der Waals surface area contributed by atoms with Gasteiger partial charge in [0.25, 0.3) is 11.8 Å². The van der Waals surface area contributed by atoms with Gasteiger partial charge in [0, 0.05) is 38.7 Å². The fraction of sp³-hybridized carbons (Fsp3) is 0.128. The molecule has 12 heteroatoms. The lowest BCUT2D eigenvalue weighted by molar-refractivity contribution is -0.115. The number of esters is 1. The number of carbonyl (C=O) groups excluding carboxylic acids is 4. The Morgan fingerprint density at radius 1 is 0.902 bits per heavy atom. The minimum atomic E-state index is -0.610. The Hall–Kier alpha value is -5.85. The quantitative estimate of drug-likeness (QED) is 0.0548. The highest BCUT2D eigenvalue weighted by Crippen LogP contribution is 2.37. The maximum atomic E-state index is 13.6. The molecule has 0 saturated carbocycles. The molecular weight excluding hydrogens is 687 g/mol. The number of carbonyl (C=O) groups is 4. The number of nitrogens with one attached hydrogen (secondary N) is 3. The van der Waals surface area contributed by atoms with Crippen LogP contribution in [-0.2, 0) is 14.3 Å². The highest BCUT2D eigenvalue weighted by molar-refractivity contribution is 8.00. The maximum Gasteiger partial charge on any atom is 0.341 e. The lowest BCUT2D eigenvalue weighted by atomic mass is 10.0. The normalized spacial score (nSPS) is 11.6. The zero-order chi connectivity index (χ0) is 36.3. The van der Waals surface area contributed by atoms with Gasteiger partial charge in [0.15, 0.2) is 0 Å². The Labute approximate surface area is 303 Å². The number of benzene rings is 4. The smallest absolute Gasteiger partial charge is 0.341 e. The van der Waals surface area contributed by atoms with Crippen LogP contribution < -0.4 is 20.7 Å². The van der Waals surface area contributed by atoms with Crippen molar-refractivity contribution >= 4 is 63.6 Å². The number of thioether (sulfide) groups is 1. The van der Waals surface area contributed by atoms with E-state index in [2.05, 4.69) is 16.0 Å². The van der Waals surface area contributed by atoms with Crippen molar-refractivity contribution in [3.8, 4) is 22.6 Å². The first-order valence-corrected chi connectivity index (χ1v) is 17.6. The fourth-order valence-electron chi connectivity index (χ4n) is 4.92. The number of phenols is 1. The summed E-state index contributed by atoms with van der Waals surface area (Å²) in [5.74, 6) is -1.67. The third-order valence-electron chi connectivity index (χ3n) is 7.41. The van der Waals surface area contributed by atoms with Gasteiger partial charge in [-0.15, -0.1) is 23.1 Å². The van der Waals surface area contributed by atoms with E-state index < -0.39 is 23.0 Å². The van der Waals surface area contributed by atoms with Gasteiger partial charge in [0.2, 0.25) is 5.91 Å². The van der Waals surface area contributed by atoms with Crippen LogP contribution in [0.4, 0.5) is 10.7 Å².